The molecule has 0 bridgehead atoms. The molecule has 13 heteroatoms. The number of esters is 1. The molecule has 228 valence electrons. The molecule has 1 fully saturated rings. The molecule has 1 unspecified atom stereocenters. The smallest absolute Gasteiger partial charge is 0.327 e. The van der Waals surface area contributed by atoms with E-state index in [0.717, 1.165) is 36.8 Å². The number of hydrogen-bond acceptors (Lipinski definition) is 10. The van der Waals surface area contributed by atoms with Gasteiger partial charge in [-0.1, -0.05) is 37.6 Å². The van der Waals surface area contributed by atoms with Crippen molar-refractivity contribution >= 4 is 28.9 Å². The van der Waals surface area contributed by atoms with Gasteiger partial charge >= 0.3 is 17.7 Å². The number of nitrogen functional groups attached to an aromatic ring is 1. The van der Waals surface area contributed by atoms with Gasteiger partial charge in [-0.05, 0) is 49.3 Å². The predicted molar refractivity (Wildman–Crippen MR) is 157 cm³/mol. The van der Waals surface area contributed by atoms with Crippen molar-refractivity contribution in [1.82, 2.24) is 29.7 Å². The molecule has 0 aliphatic carbocycles. The van der Waals surface area contributed by atoms with Gasteiger partial charge in [-0.15, -0.1) is 0 Å². The Bertz CT molecular complexity index is 1400. The number of nitrogens with two attached hydrogens (primary N) is 1. The average molecular weight is 584 g/mol. The maximum absolute atomic E-state index is 12.7. The Kier molecular flexibility index (Phi) is 10.9. The SMILES string of the molecule is CCCCOc1nc(N)c2[nH]c(=O)n(CCCC3CCN(CC(=O)NCc4ccc(CC(=O)OC)cc4)[C@@H]3CO)c2n1. The van der Waals surface area contributed by atoms with Gasteiger partial charge < -0.3 is 30.6 Å². The molecule has 1 aliphatic heterocycles. The first-order chi connectivity index (χ1) is 20.3. The molecule has 4 rings (SSSR count). The number of ether oxygens (including phenoxy) is 2. The zero-order valence-corrected chi connectivity index (χ0v) is 24.3. The van der Waals surface area contributed by atoms with Gasteiger partial charge in [-0.3, -0.25) is 19.1 Å². The van der Waals surface area contributed by atoms with E-state index in [1.807, 2.05) is 29.2 Å². The van der Waals surface area contributed by atoms with Crippen molar-refractivity contribution in [2.24, 2.45) is 5.92 Å². The predicted octanol–water partition coefficient (Wildman–Crippen LogP) is 1.38. The molecule has 0 spiro atoms. The van der Waals surface area contributed by atoms with Crippen LogP contribution >= 0.6 is 0 Å². The molecule has 1 saturated heterocycles. The van der Waals surface area contributed by atoms with Crippen LogP contribution in [0.4, 0.5) is 5.82 Å². The Balaban J connectivity index is 1.27. The second-order valence-electron chi connectivity index (χ2n) is 10.6. The number of carbonyl (C=O) groups excluding carboxylic acids is 2. The largest absolute Gasteiger partial charge is 0.469 e. The number of aromatic amines is 1. The summed E-state index contributed by atoms with van der Waals surface area (Å²) in [6.45, 7) is 4.19. The standard InChI is InChI=1S/C29H41N7O6/c1-3-4-14-42-28-33-26(30)25-27(34-28)36(29(40)32-25)12-5-6-21-11-13-35(22(21)18-37)17-23(38)31-16-20-9-7-19(8-10-20)15-24(39)41-2/h7-10,21-22,37H,3-6,11-18H2,1-2H3,(H,31,38)(H,32,40)(H2,30,33,34)/t21?,22-/m1/s1. The highest BCUT2D eigenvalue weighted by Crippen LogP contribution is 2.28. The number of benzene rings is 1. The molecule has 2 aromatic heterocycles. The van der Waals surface area contributed by atoms with Crippen molar-refractivity contribution in [2.75, 3.05) is 39.1 Å². The summed E-state index contributed by atoms with van der Waals surface area (Å²) < 4.78 is 11.8. The number of nitrogens with zero attached hydrogens (tertiary/aromatic N) is 4. The Hall–Kier alpha value is -3.97. The number of hydrogen-bond donors (Lipinski definition) is 4. The lowest BCUT2D eigenvalue weighted by Gasteiger charge is -2.26. The number of aryl methyl sites for hydroxylation is 1. The number of carbonyl (C=O) groups is 2. The van der Waals surface area contributed by atoms with Crippen LogP contribution in [0.1, 0.15) is 50.2 Å². The van der Waals surface area contributed by atoms with E-state index < -0.39 is 0 Å². The molecule has 2 atom stereocenters. The van der Waals surface area contributed by atoms with Crippen molar-refractivity contribution in [1.29, 1.82) is 0 Å². The fourth-order valence-corrected chi connectivity index (χ4v) is 5.36. The number of amides is 1. The maximum atomic E-state index is 12.7. The highest BCUT2D eigenvalue weighted by atomic mass is 16.5. The third-order valence-corrected chi connectivity index (χ3v) is 7.74. The summed E-state index contributed by atoms with van der Waals surface area (Å²) in [4.78, 5) is 50.1. The molecular weight excluding hydrogens is 542 g/mol. The third kappa shape index (κ3) is 7.85. The minimum absolute atomic E-state index is 0.0468. The number of aliphatic hydroxyl groups excluding tert-OH is 1. The van der Waals surface area contributed by atoms with Gasteiger partial charge in [0.2, 0.25) is 5.91 Å². The summed E-state index contributed by atoms with van der Waals surface area (Å²) in [7, 11) is 1.36. The molecule has 3 heterocycles. The van der Waals surface area contributed by atoms with Crippen molar-refractivity contribution in [3.63, 3.8) is 0 Å². The maximum Gasteiger partial charge on any atom is 0.327 e. The van der Waals surface area contributed by atoms with E-state index in [0.29, 0.717) is 43.8 Å². The summed E-state index contributed by atoms with van der Waals surface area (Å²) in [6, 6.07) is 7.46. The second kappa shape index (κ2) is 14.8. The Morgan fingerprint density at radius 2 is 1.95 bits per heavy atom. The van der Waals surface area contributed by atoms with E-state index in [1.54, 1.807) is 4.57 Å². The van der Waals surface area contributed by atoms with Crippen molar-refractivity contribution < 1.29 is 24.2 Å². The molecule has 3 aromatic rings. The zero-order chi connectivity index (χ0) is 30.1. The fourth-order valence-electron chi connectivity index (χ4n) is 5.36. The minimum Gasteiger partial charge on any atom is -0.469 e. The monoisotopic (exact) mass is 583 g/mol. The number of rotatable bonds is 15. The van der Waals surface area contributed by atoms with E-state index in [2.05, 4.69) is 31.9 Å². The average Bonchev–Trinajstić information content (AvgIpc) is 3.52. The summed E-state index contributed by atoms with van der Waals surface area (Å²) in [5.41, 5.74) is 8.32. The minimum atomic E-state index is -0.307. The summed E-state index contributed by atoms with van der Waals surface area (Å²) >= 11 is 0. The number of aliphatic hydroxyl groups is 1. The molecular formula is C29H41N7O6. The molecule has 0 radical (unpaired) electrons. The van der Waals surface area contributed by atoms with Crippen LogP contribution in [0, 0.1) is 5.92 Å². The van der Waals surface area contributed by atoms with Gasteiger partial charge in [0.15, 0.2) is 11.5 Å². The first-order valence-corrected chi connectivity index (χ1v) is 14.5. The van der Waals surface area contributed by atoms with Gasteiger partial charge in [0, 0.05) is 19.1 Å². The van der Waals surface area contributed by atoms with E-state index in [1.165, 1.54) is 7.11 Å². The number of anilines is 1. The first kappa shape index (κ1) is 31.0. The summed E-state index contributed by atoms with van der Waals surface area (Å²) in [6.07, 6.45) is 4.36. The van der Waals surface area contributed by atoms with E-state index in [-0.39, 0.29) is 60.9 Å². The second-order valence-corrected chi connectivity index (χ2v) is 10.6. The van der Waals surface area contributed by atoms with Crippen molar-refractivity contribution in [2.45, 2.75) is 64.6 Å². The number of fused-ring (bicyclic) bond motifs is 1. The molecule has 1 aromatic carbocycles. The number of imidazole rings is 1. The molecule has 0 saturated carbocycles. The van der Waals surface area contributed by atoms with Gasteiger partial charge in [-0.2, -0.15) is 9.97 Å². The van der Waals surface area contributed by atoms with Crippen molar-refractivity contribution in [3.8, 4) is 6.01 Å². The first-order valence-electron chi connectivity index (χ1n) is 14.5. The van der Waals surface area contributed by atoms with Gasteiger partial charge in [0.25, 0.3) is 0 Å². The highest BCUT2D eigenvalue weighted by Gasteiger charge is 2.34. The third-order valence-electron chi connectivity index (χ3n) is 7.74. The van der Waals surface area contributed by atoms with E-state index >= 15 is 0 Å². The van der Waals surface area contributed by atoms with Crippen molar-refractivity contribution in [3.05, 3.63) is 45.9 Å². The lowest BCUT2D eigenvalue weighted by atomic mass is 9.95. The summed E-state index contributed by atoms with van der Waals surface area (Å²) in [5.74, 6) is -0.0547. The normalized spacial score (nSPS) is 17.0. The van der Waals surface area contributed by atoms with Gasteiger partial charge in [0.05, 0.1) is 33.3 Å². The topological polar surface area (TPSA) is 178 Å². The van der Waals surface area contributed by atoms with E-state index in [4.69, 9.17) is 10.5 Å². The van der Waals surface area contributed by atoms with Crippen LogP contribution in [0.5, 0.6) is 6.01 Å². The van der Waals surface area contributed by atoms with Gasteiger partial charge in [0.1, 0.15) is 5.52 Å². The zero-order valence-electron chi connectivity index (χ0n) is 24.3. The lowest BCUT2D eigenvalue weighted by Crippen LogP contribution is -2.42. The number of unbranched alkanes of at least 4 members (excludes halogenated alkanes) is 1. The molecule has 42 heavy (non-hydrogen) atoms. The summed E-state index contributed by atoms with van der Waals surface area (Å²) in [5, 5.41) is 13.1. The lowest BCUT2D eigenvalue weighted by molar-refractivity contribution is -0.139. The quantitative estimate of drug-likeness (QED) is 0.151. The number of likely N-dealkylation sites (tertiary alicyclic amines) is 1. The Morgan fingerprint density at radius 1 is 1.19 bits per heavy atom. The highest BCUT2D eigenvalue weighted by molar-refractivity contribution is 5.81. The molecule has 13 nitrogen and oxygen atoms in total. The van der Waals surface area contributed by atoms with Crippen LogP contribution in [0.3, 0.4) is 0 Å². The number of methoxy groups -OCH3 is 1. The van der Waals surface area contributed by atoms with Crippen LogP contribution in [-0.4, -0.2) is 80.9 Å². The fraction of sp³-hybridized carbons (Fsp3) is 0.552. The Morgan fingerprint density at radius 3 is 2.67 bits per heavy atom. The van der Waals surface area contributed by atoms with Crippen LogP contribution < -0.4 is 21.5 Å². The number of aromatic nitrogens is 4. The molecule has 5 N–H and O–H groups in total. The Labute approximate surface area is 244 Å². The van der Waals surface area contributed by atoms with Crippen LogP contribution in [0.2, 0.25) is 0 Å². The van der Waals surface area contributed by atoms with Crippen LogP contribution in [0.25, 0.3) is 11.2 Å². The van der Waals surface area contributed by atoms with E-state index in [9.17, 15) is 19.5 Å². The van der Waals surface area contributed by atoms with Crippen LogP contribution in [0.15, 0.2) is 29.1 Å². The molecule has 1 amide bonds. The van der Waals surface area contributed by atoms with Gasteiger partial charge in [-0.25, -0.2) is 4.79 Å². The van der Waals surface area contributed by atoms with Crippen LogP contribution in [-0.2, 0) is 33.8 Å². The number of nitrogens with one attached hydrogen (secondary N) is 2. The molecule has 1 aliphatic rings. The number of H-pyrrole nitrogens is 1.